The topological polar surface area (TPSA) is 26.3 Å². The summed E-state index contributed by atoms with van der Waals surface area (Å²) in [5.41, 5.74) is 1.17. The van der Waals surface area contributed by atoms with E-state index in [-0.39, 0.29) is 12.1 Å². The van der Waals surface area contributed by atoms with Crippen molar-refractivity contribution in [2.45, 2.75) is 18.9 Å². The van der Waals surface area contributed by atoms with Gasteiger partial charge in [-0.15, -0.1) is 11.3 Å². The third-order valence-electron chi connectivity index (χ3n) is 2.74. The van der Waals surface area contributed by atoms with Crippen LogP contribution < -0.4 is 0 Å². The number of carbonyl (C=O) groups is 1. The maximum Gasteiger partial charge on any atom is 0.306 e. The van der Waals surface area contributed by atoms with Crippen molar-refractivity contribution in [3.8, 4) is 0 Å². The summed E-state index contributed by atoms with van der Waals surface area (Å²) in [5, 5.41) is 3.33. The molecule has 0 amide bonds. The summed E-state index contributed by atoms with van der Waals surface area (Å²) in [6.45, 7) is 0. The molecule has 2 aromatic rings. The number of hydrogen-bond donors (Lipinski definition) is 0. The summed E-state index contributed by atoms with van der Waals surface area (Å²) in [4.78, 5) is 11.1. The molecule has 0 radical (unpaired) electrons. The van der Waals surface area contributed by atoms with Gasteiger partial charge in [0, 0.05) is 16.7 Å². The first-order valence-electron chi connectivity index (χ1n) is 5.00. The molecule has 2 heterocycles. The van der Waals surface area contributed by atoms with Crippen LogP contribution in [0.1, 0.15) is 24.5 Å². The first-order chi connectivity index (χ1) is 7.34. The zero-order valence-electron chi connectivity index (χ0n) is 8.10. The van der Waals surface area contributed by atoms with Crippen LogP contribution in [-0.2, 0) is 9.53 Å². The van der Waals surface area contributed by atoms with Crippen LogP contribution in [0.25, 0.3) is 10.1 Å². The first kappa shape index (κ1) is 8.92. The maximum absolute atomic E-state index is 11.1. The van der Waals surface area contributed by atoms with Crippen molar-refractivity contribution in [2.75, 3.05) is 0 Å². The fraction of sp³-hybridized carbons (Fsp3) is 0.250. The lowest BCUT2D eigenvalue weighted by molar-refractivity contribution is -0.141. The maximum atomic E-state index is 11.1. The first-order valence-corrected chi connectivity index (χ1v) is 5.88. The van der Waals surface area contributed by atoms with Gasteiger partial charge in [-0.05, 0) is 23.3 Å². The molecule has 1 saturated heterocycles. The number of carbonyl (C=O) groups excluding carboxylic acids is 1. The minimum absolute atomic E-state index is 0.0198. The van der Waals surface area contributed by atoms with Gasteiger partial charge in [0.1, 0.15) is 6.10 Å². The molecule has 1 aliphatic rings. The molecule has 1 fully saturated rings. The Hall–Kier alpha value is -1.35. The highest BCUT2D eigenvalue weighted by atomic mass is 32.1. The molecule has 1 atom stereocenters. The molecule has 0 spiro atoms. The van der Waals surface area contributed by atoms with Gasteiger partial charge in [0.25, 0.3) is 0 Å². The second kappa shape index (κ2) is 3.35. The zero-order valence-corrected chi connectivity index (χ0v) is 8.92. The highest BCUT2D eigenvalue weighted by Crippen LogP contribution is 2.37. The van der Waals surface area contributed by atoms with E-state index < -0.39 is 0 Å². The van der Waals surface area contributed by atoms with Crippen molar-refractivity contribution in [3.63, 3.8) is 0 Å². The molecule has 3 heteroatoms. The van der Waals surface area contributed by atoms with Gasteiger partial charge < -0.3 is 4.74 Å². The van der Waals surface area contributed by atoms with Gasteiger partial charge in [-0.3, -0.25) is 4.79 Å². The lowest BCUT2D eigenvalue weighted by Gasteiger charge is -2.07. The third kappa shape index (κ3) is 1.43. The van der Waals surface area contributed by atoms with Crippen LogP contribution in [0.4, 0.5) is 0 Å². The summed E-state index contributed by atoms with van der Waals surface area (Å²) >= 11 is 1.71. The molecule has 1 aromatic carbocycles. The van der Waals surface area contributed by atoms with Crippen LogP contribution in [0.3, 0.4) is 0 Å². The van der Waals surface area contributed by atoms with E-state index in [0.29, 0.717) is 6.42 Å². The van der Waals surface area contributed by atoms with Crippen molar-refractivity contribution >= 4 is 27.4 Å². The van der Waals surface area contributed by atoms with Gasteiger partial charge in [0.05, 0.1) is 0 Å². The van der Waals surface area contributed by atoms with Crippen molar-refractivity contribution in [1.82, 2.24) is 0 Å². The molecule has 0 saturated carbocycles. The van der Waals surface area contributed by atoms with Gasteiger partial charge in [0.2, 0.25) is 0 Å². The number of cyclic esters (lactones) is 1. The average Bonchev–Trinajstić information content (AvgIpc) is 2.83. The molecule has 1 aliphatic heterocycles. The van der Waals surface area contributed by atoms with Gasteiger partial charge in [-0.2, -0.15) is 0 Å². The van der Waals surface area contributed by atoms with Gasteiger partial charge in [0.15, 0.2) is 0 Å². The highest BCUT2D eigenvalue weighted by molar-refractivity contribution is 7.17. The molecular weight excluding hydrogens is 208 g/mol. The second-order valence-electron chi connectivity index (χ2n) is 3.70. The zero-order chi connectivity index (χ0) is 10.3. The molecular formula is C12H10O2S. The molecule has 1 unspecified atom stereocenters. The molecule has 0 aliphatic carbocycles. The molecule has 76 valence electrons. The van der Waals surface area contributed by atoms with Crippen LogP contribution in [0, 0.1) is 0 Å². The monoisotopic (exact) mass is 218 g/mol. The van der Waals surface area contributed by atoms with Crippen LogP contribution in [-0.4, -0.2) is 5.97 Å². The average molecular weight is 218 g/mol. The smallest absolute Gasteiger partial charge is 0.306 e. The van der Waals surface area contributed by atoms with Crippen LogP contribution in [0.15, 0.2) is 29.6 Å². The van der Waals surface area contributed by atoms with Crippen LogP contribution in [0.5, 0.6) is 0 Å². The van der Waals surface area contributed by atoms with Crippen molar-refractivity contribution in [1.29, 1.82) is 0 Å². The SMILES string of the molecule is O=C1CCC(c2csc3ccccc23)O1. The van der Waals surface area contributed by atoms with E-state index in [9.17, 15) is 4.79 Å². The van der Waals surface area contributed by atoms with E-state index >= 15 is 0 Å². The number of benzene rings is 1. The van der Waals surface area contributed by atoms with E-state index in [1.807, 2.05) is 12.1 Å². The van der Waals surface area contributed by atoms with Crippen LogP contribution >= 0.6 is 11.3 Å². The molecule has 1 aromatic heterocycles. The molecule has 0 N–H and O–H groups in total. The van der Waals surface area contributed by atoms with Gasteiger partial charge in [-0.1, -0.05) is 18.2 Å². The second-order valence-corrected chi connectivity index (χ2v) is 4.62. The number of fused-ring (bicyclic) bond motifs is 1. The molecule has 2 nitrogen and oxygen atoms in total. The van der Waals surface area contributed by atoms with E-state index in [1.165, 1.54) is 15.6 Å². The Morgan fingerprint density at radius 2 is 2.20 bits per heavy atom. The normalized spacial score (nSPS) is 20.8. The molecule has 3 rings (SSSR count). The minimum Gasteiger partial charge on any atom is -0.457 e. The fourth-order valence-corrected chi connectivity index (χ4v) is 2.99. The highest BCUT2D eigenvalue weighted by Gasteiger charge is 2.26. The van der Waals surface area contributed by atoms with Crippen LogP contribution in [0.2, 0.25) is 0 Å². The minimum atomic E-state index is -0.0738. The van der Waals surface area contributed by atoms with Crippen molar-refractivity contribution in [2.24, 2.45) is 0 Å². The number of thiophene rings is 1. The molecule has 15 heavy (non-hydrogen) atoms. The fourth-order valence-electron chi connectivity index (χ4n) is 1.99. The Labute approximate surface area is 91.5 Å². The quantitative estimate of drug-likeness (QED) is 0.686. The van der Waals surface area contributed by atoms with E-state index in [2.05, 4.69) is 17.5 Å². The summed E-state index contributed by atoms with van der Waals surface area (Å²) in [7, 11) is 0. The summed E-state index contributed by atoms with van der Waals surface area (Å²) < 4.78 is 6.54. The number of ether oxygens (including phenoxy) is 1. The Morgan fingerprint density at radius 3 is 3.00 bits per heavy atom. The van der Waals surface area contributed by atoms with Crippen molar-refractivity contribution in [3.05, 3.63) is 35.2 Å². The standard InChI is InChI=1S/C12H10O2S/c13-12-6-5-10(14-12)9-7-15-11-4-2-1-3-8(9)11/h1-4,7,10H,5-6H2. The summed E-state index contributed by atoms with van der Waals surface area (Å²) in [5.74, 6) is -0.0738. The lowest BCUT2D eigenvalue weighted by Crippen LogP contribution is -1.97. The van der Waals surface area contributed by atoms with E-state index in [0.717, 1.165) is 6.42 Å². The summed E-state index contributed by atoms with van der Waals surface area (Å²) in [6.07, 6.45) is 1.35. The predicted octanol–water partition coefficient (Wildman–Crippen LogP) is 3.28. The van der Waals surface area contributed by atoms with Crippen molar-refractivity contribution < 1.29 is 9.53 Å². The number of rotatable bonds is 1. The Bertz CT molecular complexity index is 515. The third-order valence-corrected chi connectivity index (χ3v) is 3.72. The predicted molar refractivity (Wildman–Crippen MR) is 59.9 cm³/mol. The number of esters is 1. The Kier molecular flexibility index (Phi) is 1.99. The van der Waals surface area contributed by atoms with E-state index in [4.69, 9.17) is 4.74 Å². The van der Waals surface area contributed by atoms with E-state index in [1.54, 1.807) is 11.3 Å². The number of hydrogen-bond acceptors (Lipinski definition) is 3. The Morgan fingerprint density at radius 1 is 1.33 bits per heavy atom. The molecule has 0 bridgehead atoms. The van der Waals surface area contributed by atoms with Gasteiger partial charge >= 0.3 is 5.97 Å². The largest absolute Gasteiger partial charge is 0.457 e. The Balaban J connectivity index is 2.07. The van der Waals surface area contributed by atoms with Gasteiger partial charge in [-0.25, -0.2) is 0 Å². The summed E-state index contributed by atoms with van der Waals surface area (Å²) in [6, 6.07) is 8.24. The lowest BCUT2D eigenvalue weighted by atomic mass is 10.1.